The number of amidine groups is 1. The zero-order valence-corrected chi connectivity index (χ0v) is 18.1. The highest BCUT2D eigenvalue weighted by Gasteiger charge is 2.74. The quantitative estimate of drug-likeness (QED) is 0.270. The van der Waals surface area contributed by atoms with Crippen LogP contribution in [0.25, 0.3) is 0 Å². The lowest BCUT2D eigenvalue weighted by molar-refractivity contribution is -0.438. The Bertz CT molecular complexity index is 1000. The number of hydrogen-bond donors (Lipinski definition) is 1. The van der Waals surface area contributed by atoms with Crippen LogP contribution in [0.3, 0.4) is 0 Å². The van der Waals surface area contributed by atoms with Crippen molar-refractivity contribution in [1.29, 1.82) is 0 Å². The third kappa shape index (κ3) is 3.89. The second kappa shape index (κ2) is 7.40. The normalized spacial score (nSPS) is 20.9. The molecule has 1 aromatic carbocycles. The van der Waals surface area contributed by atoms with Gasteiger partial charge in [-0.1, -0.05) is 31.0 Å². The molecule has 2 aliphatic rings. The first-order chi connectivity index (χ1) is 14.0. The Morgan fingerprint density at radius 1 is 0.968 bits per heavy atom. The van der Waals surface area contributed by atoms with E-state index >= 15 is 0 Å². The minimum atomic E-state index is -6.56. The molecule has 1 aliphatic heterocycles. The van der Waals surface area contributed by atoms with Crippen LogP contribution in [0.4, 0.5) is 40.8 Å². The summed E-state index contributed by atoms with van der Waals surface area (Å²) in [5.74, 6) is -0.576. The predicted molar refractivity (Wildman–Crippen MR) is 101 cm³/mol. The van der Waals surface area contributed by atoms with Crippen LogP contribution in [-0.4, -0.2) is 35.7 Å². The van der Waals surface area contributed by atoms with Crippen LogP contribution in [0.2, 0.25) is 0 Å². The minimum absolute atomic E-state index is 0.267. The number of para-hydroxylation sites is 1. The number of nitrogens with one attached hydrogen (secondary N) is 1. The van der Waals surface area contributed by atoms with Crippen LogP contribution in [0.15, 0.2) is 28.7 Å². The number of rotatable bonds is 6. The molecule has 0 unspecified atom stereocenters. The minimum Gasteiger partial charge on any atom is -0.342 e. The maximum atomic E-state index is 14.2. The number of ether oxygens (including phenoxy) is 1. The standard InChI is InChI=1S/C16H13F8IN2O3S/c17-13(18,25)14(19,20)30-15(21,22)16(23,24)31(28,29)27-11-12(7-3-4-8-12)9-5-1-2-6-10(9)26-11/h1-2,5-6H,3-4,7-8H2,(H,26,27). The summed E-state index contributed by atoms with van der Waals surface area (Å²) in [7, 11) is -6.56. The Balaban J connectivity index is 2.02. The summed E-state index contributed by atoms with van der Waals surface area (Å²) in [6, 6.07) is 6.22. The average Bonchev–Trinajstić information content (AvgIpc) is 3.20. The zero-order valence-electron chi connectivity index (χ0n) is 15.1. The Kier molecular flexibility index (Phi) is 5.82. The second-order valence-electron chi connectivity index (χ2n) is 7.02. The third-order valence-corrected chi connectivity index (χ3v) is 7.00. The Labute approximate surface area is 184 Å². The fourth-order valence-corrected chi connectivity index (χ4v) is 4.61. The van der Waals surface area contributed by atoms with Crippen molar-refractivity contribution in [3.63, 3.8) is 0 Å². The van der Waals surface area contributed by atoms with Crippen LogP contribution in [-0.2, 0) is 20.2 Å². The SMILES string of the molecule is O=S(=O)(/N=C1\Nc2ccccc2C12CCCC2)C(F)(F)C(F)(F)OC(F)(F)C(F)(F)I. The van der Waals surface area contributed by atoms with Gasteiger partial charge in [-0.15, -0.1) is 4.40 Å². The van der Waals surface area contributed by atoms with Crippen LogP contribution in [0.1, 0.15) is 31.2 Å². The van der Waals surface area contributed by atoms with E-state index in [9.17, 15) is 43.5 Å². The largest absolute Gasteiger partial charge is 0.455 e. The molecule has 174 valence electrons. The maximum Gasteiger partial charge on any atom is 0.455 e. The van der Waals surface area contributed by atoms with Gasteiger partial charge in [-0.2, -0.15) is 43.5 Å². The van der Waals surface area contributed by atoms with Gasteiger partial charge in [-0.05, 0) is 24.5 Å². The Morgan fingerprint density at radius 3 is 2.06 bits per heavy atom. The lowest BCUT2D eigenvalue weighted by Crippen LogP contribution is -2.54. The number of fused-ring (bicyclic) bond motifs is 2. The van der Waals surface area contributed by atoms with E-state index in [0.717, 1.165) is 0 Å². The van der Waals surface area contributed by atoms with Gasteiger partial charge in [0.25, 0.3) is 0 Å². The van der Waals surface area contributed by atoms with Gasteiger partial charge in [0, 0.05) is 28.3 Å². The molecule has 0 aromatic heterocycles. The highest BCUT2D eigenvalue weighted by Crippen LogP contribution is 2.52. The van der Waals surface area contributed by atoms with E-state index in [-0.39, 0.29) is 35.4 Å². The van der Waals surface area contributed by atoms with E-state index in [4.69, 9.17) is 0 Å². The second-order valence-corrected chi connectivity index (χ2v) is 10.0. The summed E-state index contributed by atoms with van der Waals surface area (Å²) in [5, 5.41) is -3.88. The molecule has 5 nitrogen and oxygen atoms in total. The number of benzene rings is 1. The summed E-state index contributed by atoms with van der Waals surface area (Å²) < 4.78 is 132. The van der Waals surface area contributed by atoms with E-state index in [0.29, 0.717) is 24.1 Å². The first-order valence-corrected chi connectivity index (χ1v) is 11.1. The molecule has 0 amide bonds. The number of alkyl halides is 9. The fraction of sp³-hybridized carbons (Fsp3) is 0.562. The first-order valence-electron chi connectivity index (χ1n) is 8.59. The zero-order chi connectivity index (χ0) is 23.5. The molecule has 1 saturated carbocycles. The molecule has 1 fully saturated rings. The first kappa shape index (κ1) is 24.4. The van der Waals surface area contributed by atoms with Crippen molar-refractivity contribution in [3.8, 4) is 0 Å². The Morgan fingerprint density at radius 2 is 1.52 bits per heavy atom. The Hall–Kier alpha value is -1.23. The average molecular weight is 592 g/mol. The highest BCUT2D eigenvalue weighted by molar-refractivity contribution is 14.1. The van der Waals surface area contributed by atoms with Crippen molar-refractivity contribution < 1.29 is 48.3 Å². The van der Waals surface area contributed by atoms with Crippen LogP contribution < -0.4 is 5.32 Å². The van der Waals surface area contributed by atoms with Gasteiger partial charge in [0.2, 0.25) is 0 Å². The van der Waals surface area contributed by atoms with Crippen LogP contribution in [0, 0.1) is 0 Å². The number of halogens is 9. The molecule has 0 saturated heterocycles. The van der Waals surface area contributed by atoms with Crippen molar-refractivity contribution in [3.05, 3.63) is 29.8 Å². The van der Waals surface area contributed by atoms with Crippen molar-refractivity contribution in [2.75, 3.05) is 5.32 Å². The summed E-state index contributed by atoms with van der Waals surface area (Å²) in [6.07, 6.45) is -11.0. The third-order valence-electron chi connectivity index (χ3n) is 5.07. The molecule has 1 spiro atoms. The van der Waals surface area contributed by atoms with E-state index in [1.165, 1.54) is 6.07 Å². The molecule has 0 bridgehead atoms. The van der Waals surface area contributed by atoms with Gasteiger partial charge in [0.1, 0.15) is 5.84 Å². The maximum absolute atomic E-state index is 14.2. The summed E-state index contributed by atoms with van der Waals surface area (Å²) in [5.41, 5.74) is -0.334. The molecule has 31 heavy (non-hydrogen) atoms. The lowest BCUT2D eigenvalue weighted by atomic mass is 9.80. The summed E-state index contributed by atoms with van der Waals surface area (Å²) in [4.78, 5) is 0. The topological polar surface area (TPSA) is 67.8 Å². The molecule has 15 heteroatoms. The van der Waals surface area contributed by atoms with E-state index < -0.39 is 42.7 Å². The number of nitrogens with zero attached hydrogens (tertiary/aromatic N) is 1. The summed E-state index contributed by atoms with van der Waals surface area (Å²) in [6.45, 7) is 0. The monoisotopic (exact) mass is 592 g/mol. The molecule has 1 aromatic rings. The molecule has 1 N–H and O–H groups in total. The van der Waals surface area contributed by atoms with Gasteiger partial charge >= 0.3 is 31.4 Å². The van der Waals surface area contributed by atoms with Crippen LogP contribution >= 0.6 is 22.6 Å². The van der Waals surface area contributed by atoms with Crippen LogP contribution in [0.5, 0.6) is 0 Å². The van der Waals surface area contributed by atoms with Gasteiger partial charge in [-0.25, -0.2) is 4.74 Å². The number of sulfonamides is 1. The fourth-order valence-electron chi connectivity index (χ4n) is 3.58. The highest BCUT2D eigenvalue weighted by atomic mass is 127. The predicted octanol–water partition coefficient (Wildman–Crippen LogP) is 5.48. The van der Waals surface area contributed by atoms with Gasteiger partial charge < -0.3 is 5.32 Å². The molecule has 1 aliphatic carbocycles. The number of anilines is 1. The lowest BCUT2D eigenvalue weighted by Gasteiger charge is -2.30. The molecular formula is C16H13F8IN2O3S. The molecule has 0 atom stereocenters. The van der Waals surface area contributed by atoms with E-state index in [1.807, 2.05) is 0 Å². The van der Waals surface area contributed by atoms with Gasteiger partial charge in [0.05, 0.1) is 5.41 Å². The van der Waals surface area contributed by atoms with Gasteiger partial charge in [0.15, 0.2) is 0 Å². The van der Waals surface area contributed by atoms with Crippen molar-refractivity contribution >= 4 is 44.1 Å². The van der Waals surface area contributed by atoms with Crippen molar-refractivity contribution in [1.82, 2.24) is 0 Å². The summed E-state index contributed by atoms with van der Waals surface area (Å²) >= 11 is -0.303. The van der Waals surface area contributed by atoms with Gasteiger partial charge in [-0.3, -0.25) is 0 Å². The molecule has 1 heterocycles. The van der Waals surface area contributed by atoms with Crippen molar-refractivity contribution in [2.24, 2.45) is 4.40 Å². The molecular weight excluding hydrogens is 579 g/mol. The van der Waals surface area contributed by atoms with Crippen molar-refractivity contribution in [2.45, 2.75) is 52.5 Å². The smallest absolute Gasteiger partial charge is 0.342 e. The van der Waals surface area contributed by atoms with E-state index in [2.05, 4.69) is 14.5 Å². The van der Waals surface area contributed by atoms with E-state index in [1.54, 1.807) is 18.2 Å². The molecule has 3 rings (SSSR count). The molecule has 0 radical (unpaired) electrons. The number of hydrogen-bond acceptors (Lipinski definition) is 3.